The molecule has 1 aliphatic rings. The zero-order valence-electron chi connectivity index (χ0n) is 8.50. The van der Waals surface area contributed by atoms with Gasteiger partial charge in [-0.2, -0.15) is 0 Å². The zero-order valence-corrected chi connectivity index (χ0v) is 9.26. The number of nitrogens with two attached hydrogens (primary N) is 1. The van der Waals surface area contributed by atoms with Crippen LogP contribution in [0.1, 0.15) is 24.2 Å². The van der Waals surface area contributed by atoms with Crippen molar-refractivity contribution in [2.75, 3.05) is 6.54 Å². The molecule has 5 heteroatoms. The number of nitrogens with zero attached hydrogens (tertiary/aromatic N) is 2. The van der Waals surface area contributed by atoms with Gasteiger partial charge in [0, 0.05) is 13.0 Å². The highest BCUT2D eigenvalue weighted by atomic mass is 35.5. The van der Waals surface area contributed by atoms with Gasteiger partial charge in [-0.05, 0) is 25.8 Å². The van der Waals surface area contributed by atoms with Gasteiger partial charge in [-0.15, -0.1) is 0 Å². The number of halogens is 1. The number of fused-ring (bicyclic) bond motifs is 1. The molecule has 0 amide bonds. The van der Waals surface area contributed by atoms with E-state index in [1.54, 1.807) is 4.57 Å². The van der Waals surface area contributed by atoms with Crippen LogP contribution in [0.5, 0.6) is 0 Å². The molecule has 0 saturated carbocycles. The second kappa shape index (κ2) is 4.33. The molecule has 0 spiro atoms. The fourth-order valence-corrected chi connectivity index (χ4v) is 2.19. The number of aryl methyl sites for hydroxylation is 1. The van der Waals surface area contributed by atoms with Crippen molar-refractivity contribution < 1.29 is 0 Å². The predicted molar refractivity (Wildman–Crippen MR) is 59.2 cm³/mol. The standard InChI is InChI=1S/C10H14ClN3O/c11-9-7(3-1-5-12)10(15)14-6-2-4-8(14)13-9/h1-6,12H2. The summed E-state index contributed by atoms with van der Waals surface area (Å²) in [6.07, 6.45) is 3.24. The van der Waals surface area contributed by atoms with Gasteiger partial charge >= 0.3 is 0 Å². The van der Waals surface area contributed by atoms with Crippen molar-refractivity contribution in [3.8, 4) is 0 Å². The van der Waals surface area contributed by atoms with Gasteiger partial charge < -0.3 is 5.73 Å². The molecule has 0 aromatic carbocycles. The van der Waals surface area contributed by atoms with Crippen molar-refractivity contribution in [3.63, 3.8) is 0 Å². The van der Waals surface area contributed by atoms with Crippen LogP contribution in [-0.4, -0.2) is 16.1 Å². The molecule has 2 heterocycles. The Morgan fingerprint density at radius 1 is 1.53 bits per heavy atom. The lowest BCUT2D eigenvalue weighted by Crippen LogP contribution is -2.25. The van der Waals surface area contributed by atoms with Crippen molar-refractivity contribution in [2.45, 2.75) is 32.2 Å². The molecule has 0 saturated heterocycles. The van der Waals surface area contributed by atoms with Crippen LogP contribution < -0.4 is 11.3 Å². The number of aromatic nitrogens is 2. The van der Waals surface area contributed by atoms with E-state index < -0.39 is 0 Å². The molecular weight excluding hydrogens is 214 g/mol. The highest BCUT2D eigenvalue weighted by Gasteiger charge is 2.18. The topological polar surface area (TPSA) is 60.9 Å². The van der Waals surface area contributed by atoms with Crippen LogP contribution in [0.25, 0.3) is 0 Å². The Balaban J connectivity index is 2.42. The van der Waals surface area contributed by atoms with Crippen LogP contribution >= 0.6 is 11.6 Å². The highest BCUT2D eigenvalue weighted by molar-refractivity contribution is 6.30. The lowest BCUT2D eigenvalue weighted by atomic mass is 10.2. The minimum Gasteiger partial charge on any atom is -0.330 e. The number of hydrogen-bond donors (Lipinski definition) is 1. The third kappa shape index (κ3) is 1.92. The van der Waals surface area contributed by atoms with Crippen LogP contribution in [0.4, 0.5) is 0 Å². The van der Waals surface area contributed by atoms with Crippen molar-refractivity contribution >= 4 is 11.6 Å². The van der Waals surface area contributed by atoms with E-state index in [4.69, 9.17) is 17.3 Å². The smallest absolute Gasteiger partial charge is 0.258 e. The van der Waals surface area contributed by atoms with Gasteiger partial charge in [-0.25, -0.2) is 4.98 Å². The maximum atomic E-state index is 12.0. The fraction of sp³-hybridized carbons (Fsp3) is 0.600. The van der Waals surface area contributed by atoms with Crippen LogP contribution in [0.15, 0.2) is 4.79 Å². The summed E-state index contributed by atoms with van der Waals surface area (Å²) in [4.78, 5) is 16.2. The SMILES string of the molecule is NCCCc1c(Cl)nc2n(c1=O)CCC2. The molecule has 82 valence electrons. The van der Waals surface area contributed by atoms with Gasteiger partial charge in [0.05, 0.1) is 5.56 Å². The van der Waals surface area contributed by atoms with Gasteiger partial charge in [0.2, 0.25) is 0 Å². The lowest BCUT2D eigenvalue weighted by molar-refractivity contribution is 0.691. The van der Waals surface area contributed by atoms with E-state index in [0.717, 1.165) is 31.6 Å². The largest absolute Gasteiger partial charge is 0.330 e. The molecule has 0 bridgehead atoms. The minimum atomic E-state index is 0.0240. The Hall–Kier alpha value is -0.870. The third-order valence-electron chi connectivity index (χ3n) is 2.70. The first-order chi connectivity index (χ1) is 7.24. The molecule has 0 radical (unpaired) electrons. The normalized spacial score (nSPS) is 14.3. The van der Waals surface area contributed by atoms with E-state index in [1.165, 1.54) is 0 Å². The fourth-order valence-electron chi connectivity index (χ4n) is 1.92. The summed E-state index contributed by atoms with van der Waals surface area (Å²) in [5, 5.41) is 0.363. The molecule has 15 heavy (non-hydrogen) atoms. The number of rotatable bonds is 3. The molecule has 1 aliphatic heterocycles. The van der Waals surface area contributed by atoms with Crippen molar-refractivity contribution in [1.82, 2.24) is 9.55 Å². The Labute approximate surface area is 93.1 Å². The first-order valence-corrected chi connectivity index (χ1v) is 5.60. The molecular formula is C10H14ClN3O. The highest BCUT2D eigenvalue weighted by Crippen LogP contribution is 2.16. The van der Waals surface area contributed by atoms with Gasteiger partial charge in [0.15, 0.2) is 0 Å². The third-order valence-corrected chi connectivity index (χ3v) is 3.02. The predicted octanol–water partition coefficient (Wildman–Crippen LogP) is 0.734. The van der Waals surface area contributed by atoms with Gasteiger partial charge in [0.25, 0.3) is 5.56 Å². The van der Waals surface area contributed by atoms with E-state index >= 15 is 0 Å². The van der Waals surface area contributed by atoms with E-state index in [2.05, 4.69) is 4.98 Å². The van der Waals surface area contributed by atoms with Crippen LogP contribution in [0.2, 0.25) is 5.15 Å². The number of hydrogen-bond acceptors (Lipinski definition) is 3. The second-order valence-electron chi connectivity index (χ2n) is 3.75. The van der Waals surface area contributed by atoms with E-state index in [9.17, 15) is 4.79 Å². The second-order valence-corrected chi connectivity index (χ2v) is 4.11. The zero-order chi connectivity index (χ0) is 10.8. The Morgan fingerprint density at radius 3 is 3.07 bits per heavy atom. The summed E-state index contributed by atoms with van der Waals surface area (Å²) in [6.45, 7) is 1.34. The van der Waals surface area contributed by atoms with E-state index in [-0.39, 0.29) is 5.56 Å². The van der Waals surface area contributed by atoms with Crippen molar-refractivity contribution in [2.24, 2.45) is 5.73 Å². The summed E-state index contributed by atoms with van der Waals surface area (Å²) >= 11 is 5.98. The molecule has 0 atom stereocenters. The van der Waals surface area contributed by atoms with E-state index in [0.29, 0.717) is 23.7 Å². The minimum absolute atomic E-state index is 0.0240. The molecule has 2 N–H and O–H groups in total. The summed E-state index contributed by atoms with van der Waals surface area (Å²) < 4.78 is 1.73. The molecule has 2 rings (SSSR count). The Bertz CT molecular complexity index is 427. The maximum Gasteiger partial charge on any atom is 0.258 e. The average molecular weight is 228 g/mol. The van der Waals surface area contributed by atoms with Gasteiger partial charge in [-0.1, -0.05) is 11.6 Å². The van der Waals surface area contributed by atoms with Gasteiger partial charge in [-0.3, -0.25) is 9.36 Å². The van der Waals surface area contributed by atoms with Crippen molar-refractivity contribution in [1.29, 1.82) is 0 Å². The first kappa shape index (κ1) is 10.6. The molecule has 1 aromatic heterocycles. The maximum absolute atomic E-state index is 12.0. The van der Waals surface area contributed by atoms with Gasteiger partial charge in [0.1, 0.15) is 11.0 Å². The average Bonchev–Trinajstić information content (AvgIpc) is 2.65. The monoisotopic (exact) mass is 227 g/mol. The van der Waals surface area contributed by atoms with Crippen LogP contribution in [-0.2, 0) is 19.4 Å². The molecule has 4 nitrogen and oxygen atoms in total. The quantitative estimate of drug-likeness (QED) is 0.775. The molecule has 1 aromatic rings. The Morgan fingerprint density at radius 2 is 2.33 bits per heavy atom. The Kier molecular flexibility index (Phi) is 3.07. The summed E-state index contributed by atoms with van der Waals surface area (Å²) in [5.41, 5.74) is 6.06. The van der Waals surface area contributed by atoms with Crippen molar-refractivity contribution in [3.05, 3.63) is 26.9 Å². The van der Waals surface area contributed by atoms with Crippen LogP contribution in [0, 0.1) is 0 Å². The first-order valence-electron chi connectivity index (χ1n) is 5.22. The lowest BCUT2D eigenvalue weighted by Gasteiger charge is -2.07. The van der Waals surface area contributed by atoms with E-state index in [1.807, 2.05) is 0 Å². The molecule has 0 aliphatic carbocycles. The summed E-state index contributed by atoms with van der Waals surface area (Å²) in [7, 11) is 0. The van der Waals surface area contributed by atoms with Crippen LogP contribution in [0.3, 0.4) is 0 Å². The summed E-state index contributed by atoms with van der Waals surface area (Å²) in [5.74, 6) is 0.821. The summed E-state index contributed by atoms with van der Waals surface area (Å²) in [6, 6.07) is 0. The molecule has 0 unspecified atom stereocenters. The molecule has 0 fully saturated rings.